The van der Waals surface area contributed by atoms with Crippen LogP contribution in [0, 0.1) is 12.3 Å². The molecule has 0 radical (unpaired) electrons. The molecule has 4 heterocycles. The second-order valence-electron chi connectivity index (χ2n) is 6.95. The average molecular weight is 339 g/mol. The van der Waals surface area contributed by atoms with Crippen molar-refractivity contribution in [2.45, 2.75) is 26.3 Å². The lowest BCUT2D eigenvalue weighted by atomic mass is 9.85. The van der Waals surface area contributed by atoms with Crippen LogP contribution in [0.2, 0.25) is 0 Å². The molecule has 0 bridgehead atoms. The van der Waals surface area contributed by atoms with E-state index in [4.69, 9.17) is 4.42 Å². The van der Waals surface area contributed by atoms with Crippen LogP contribution in [0.1, 0.15) is 34.7 Å². The SMILES string of the molecule is Cc1occc1C(=O)N1CC[C@@]2(CCN(Cc3ccccn3)C2=O)C1. The summed E-state index contributed by atoms with van der Waals surface area (Å²) in [5.74, 6) is 0.733. The molecule has 130 valence electrons. The fraction of sp³-hybridized carbons (Fsp3) is 0.421. The Labute approximate surface area is 146 Å². The second-order valence-corrected chi connectivity index (χ2v) is 6.95. The first-order valence-corrected chi connectivity index (χ1v) is 8.62. The number of rotatable bonds is 3. The molecule has 1 atom stereocenters. The Balaban J connectivity index is 1.46. The smallest absolute Gasteiger partial charge is 0.257 e. The second kappa shape index (κ2) is 6.02. The van der Waals surface area contributed by atoms with Crippen molar-refractivity contribution in [2.75, 3.05) is 19.6 Å². The van der Waals surface area contributed by atoms with Crippen LogP contribution in [0.4, 0.5) is 0 Å². The van der Waals surface area contributed by atoms with E-state index < -0.39 is 5.41 Å². The number of pyridine rings is 1. The zero-order valence-corrected chi connectivity index (χ0v) is 14.3. The predicted molar refractivity (Wildman–Crippen MR) is 90.7 cm³/mol. The predicted octanol–water partition coefficient (Wildman–Crippen LogP) is 2.25. The molecular formula is C19H21N3O3. The first-order chi connectivity index (χ1) is 12.1. The summed E-state index contributed by atoms with van der Waals surface area (Å²) in [6, 6.07) is 7.44. The van der Waals surface area contributed by atoms with Crippen LogP contribution < -0.4 is 0 Å². The van der Waals surface area contributed by atoms with Crippen molar-refractivity contribution in [2.24, 2.45) is 5.41 Å². The highest BCUT2D eigenvalue weighted by atomic mass is 16.3. The Morgan fingerprint density at radius 3 is 2.84 bits per heavy atom. The molecule has 1 spiro atoms. The third-order valence-corrected chi connectivity index (χ3v) is 5.41. The number of hydrogen-bond donors (Lipinski definition) is 0. The highest BCUT2D eigenvalue weighted by molar-refractivity contribution is 5.96. The Morgan fingerprint density at radius 1 is 1.28 bits per heavy atom. The van der Waals surface area contributed by atoms with E-state index in [-0.39, 0.29) is 11.8 Å². The summed E-state index contributed by atoms with van der Waals surface area (Å²) in [5, 5.41) is 0. The molecule has 2 aromatic heterocycles. The number of carbonyl (C=O) groups is 2. The number of aryl methyl sites for hydroxylation is 1. The summed E-state index contributed by atoms with van der Waals surface area (Å²) in [5.41, 5.74) is 1.06. The molecule has 0 aliphatic carbocycles. The van der Waals surface area contributed by atoms with E-state index in [1.54, 1.807) is 24.1 Å². The fourth-order valence-electron chi connectivity index (χ4n) is 3.93. The van der Waals surface area contributed by atoms with Crippen molar-refractivity contribution in [1.29, 1.82) is 0 Å². The molecule has 4 rings (SSSR count). The van der Waals surface area contributed by atoms with Crippen LogP contribution in [0.3, 0.4) is 0 Å². The van der Waals surface area contributed by atoms with Gasteiger partial charge in [0.25, 0.3) is 5.91 Å². The van der Waals surface area contributed by atoms with Crippen molar-refractivity contribution in [1.82, 2.24) is 14.8 Å². The van der Waals surface area contributed by atoms with Crippen molar-refractivity contribution in [3.63, 3.8) is 0 Å². The highest BCUT2D eigenvalue weighted by Gasteiger charge is 2.51. The third kappa shape index (κ3) is 2.71. The average Bonchev–Trinajstić information content (AvgIpc) is 3.32. The number of carbonyl (C=O) groups excluding carboxylic acids is 2. The molecule has 2 aromatic rings. The topological polar surface area (TPSA) is 66.7 Å². The number of hydrogen-bond acceptors (Lipinski definition) is 4. The van der Waals surface area contributed by atoms with E-state index in [1.807, 2.05) is 23.1 Å². The molecule has 2 fully saturated rings. The molecule has 2 aliphatic heterocycles. The van der Waals surface area contributed by atoms with Gasteiger partial charge in [0.15, 0.2) is 0 Å². The molecular weight excluding hydrogens is 318 g/mol. The lowest BCUT2D eigenvalue weighted by Crippen LogP contribution is -2.38. The van der Waals surface area contributed by atoms with Gasteiger partial charge in [-0.2, -0.15) is 0 Å². The van der Waals surface area contributed by atoms with E-state index in [0.717, 1.165) is 25.1 Å². The highest BCUT2D eigenvalue weighted by Crippen LogP contribution is 2.41. The fourth-order valence-corrected chi connectivity index (χ4v) is 3.93. The maximum Gasteiger partial charge on any atom is 0.257 e. The largest absolute Gasteiger partial charge is 0.469 e. The van der Waals surface area contributed by atoms with Crippen molar-refractivity contribution in [3.05, 3.63) is 53.7 Å². The zero-order chi connectivity index (χ0) is 17.4. The number of likely N-dealkylation sites (tertiary alicyclic amines) is 2. The minimum atomic E-state index is -0.428. The standard InChI is InChI=1S/C19H21N3O3/c1-14-16(5-11-25-14)17(23)22-10-7-19(13-22)6-9-21(18(19)24)12-15-4-2-3-8-20-15/h2-5,8,11H,6-7,9-10,12-13H2,1H3/t19-/m0/s1. The van der Waals surface area contributed by atoms with Crippen LogP contribution >= 0.6 is 0 Å². The van der Waals surface area contributed by atoms with Crippen LogP contribution in [-0.2, 0) is 11.3 Å². The summed E-state index contributed by atoms with van der Waals surface area (Å²) in [6.45, 7) is 4.16. The molecule has 0 unspecified atom stereocenters. The van der Waals surface area contributed by atoms with Crippen molar-refractivity contribution >= 4 is 11.8 Å². The van der Waals surface area contributed by atoms with Gasteiger partial charge in [-0.25, -0.2) is 0 Å². The minimum absolute atomic E-state index is 0.0425. The van der Waals surface area contributed by atoms with Gasteiger partial charge in [0.2, 0.25) is 5.91 Å². The van der Waals surface area contributed by atoms with E-state index in [0.29, 0.717) is 31.0 Å². The van der Waals surface area contributed by atoms with Crippen LogP contribution in [0.15, 0.2) is 41.1 Å². The van der Waals surface area contributed by atoms with Gasteiger partial charge < -0.3 is 14.2 Å². The zero-order valence-electron chi connectivity index (χ0n) is 14.3. The summed E-state index contributed by atoms with van der Waals surface area (Å²) >= 11 is 0. The summed E-state index contributed by atoms with van der Waals surface area (Å²) < 4.78 is 5.24. The molecule has 0 N–H and O–H groups in total. The van der Waals surface area contributed by atoms with Gasteiger partial charge in [-0.3, -0.25) is 14.6 Å². The van der Waals surface area contributed by atoms with E-state index in [2.05, 4.69) is 4.98 Å². The minimum Gasteiger partial charge on any atom is -0.469 e. The first-order valence-electron chi connectivity index (χ1n) is 8.62. The number of furan rings is 1. The first kappa shape index (κ1) is 15.9. The number of amides is 2. The van der Waals surface area contributed by atoms with Gasteiger partial charge in [0, 0.05) is 25.8 Å². The Morgan fingerprint density at radius 2 is 2.12 bits per heavy atom. The van der Waals surface area contributed by atoms with E-state index in [1.165, 1.54) is 6.26 Å². The molecule has 6 nitrogen and oxygen atoms in total. The van der Waals surface area contributed by atoms with Gasteiger partial charge in [-0.1, -0.05) is 6.07 Å². The third-order valence-electron chi connectivity index (χ3n) is 5.41. The summed E-state index contributed by atoms with van der Waals surface area (Å²) in [6.07, 6.45) is 4.80. The molecule has 2 aliphatic rings. The summed E-state index contributed by atoms with van der Waals surface area (Å²) in [7, 11) is 0. The maximum atomic E-state index is 13.0. The number of nitrogens with zero attached hydrogens (tertiary/aromatic N) is 3. The van der Waals surface area contributed by atoms with Gasteiger partial charge in [-0.05, 0) is 38.0 Å². The van der Waals surface area contributed by atoms with Crippen molar-refractivity contribution in [3.8, 4) is 0 Å². The lowest BCUT2D eigenvalue weighted by Gasteiger charge is -2.23. The van der Waals surface area contributed by atoms with E-state index in [9.17, 15) is 9.59 Å². The van der Waals surface area contributed by atoms with Gasteiger partial charge in [0.1, 0.15) is 5.76 Å². The molecule has 0 aromatic carbocycles. The van der Waals surface area contributed by atoms with Gasteiger partial charge in [0.05, 0.1) is 29.5 Å². The molecule has 2 amide bonds. The van der Waals surface area contributed by atoms with Crippen LogP contribution in [0.25, 0.3) is 0 Å². The van der Waals surface area contributed by atoms with Gasteiger partial charge >= 0.3 is 0 Å². The Hall–Kier alpha value is -2.63. The number of aromatic nitrogens is 1. The van der Waals surface area contributed by atoms with Gasteiger partial charge in [-0.15, -0.1) is 0 Å². The lowest BCUT2D eigenvalue weighted by molar-refractivity contribution is -0.135. The maximum absolute atomic E-state index is 13.0. The Bertz CT molecular complexity index is 801. The van der Waals surface area contributed by atoms with Crippen LogP contribution in [0.5, 0.6) is 0 Å². The van der Waals surface area contributed by atoms with E-state index >= 15 is 0 Å². The van der Waals surface area contributed by atoms with Crippen LogP contribution in [-0.4, -0.2) is 46.2 Å². The molecule has 25 heavy (non-hydrogen) atoms. The summed E-state index contributed by atoms with van der Waals surface area (Å²) in [4.78, 5) is 33.7. The molecule has 6 heteroatoms. The Kier molecular flexibility index (Phi) is 3.82. The monoisotopic (exact) mass is 339 g/mol. The molecule has 0 saturated carbocycles. The van der Waals surface area contributed by atoms with Crippen molar-refractivity contribution < 1.29 is 14.0 Å². The quantitative estimate of drug-likeness (QED) is 0.860. The normalized spacial score (nSPS) is 23.0. The molecule has 2 saturated heterocycles.